The van der Waals surface area contributed by atoms with E-state index in [0.717, 1.165) is 22.3 Å². The highest BCUT2D eigenvalue weighted by atomic mass is 32.2. The zero-order valence-corrected chi connectivity index (χ0v) is 18.8. The van der Waals surface area contributed by atoms with Crippen molar-refractivity contribution in [3.8, 4) is 11.5 Å². The number of allylic oxidation sites excluding steroid dienone is 1. The maximum atomic E-state index is 13.0. The zero-order chi connectivity index (χ0) is 22.7. The first-order valence-electron chi connectivity index (χ1n) is 9.97. The molecule has 1 amide bonds. The molecule has 0 bridgehead atoms. The second kappa shape index (κ2) is 9.25. The Kier molecular flexibility index (Phi) is 6.43. The quantitative estimate of drug-likeness (QED) is 0.385. The fraction of sp³-hybridized carbons (Fsp3) is 0.273. The predicted octanol–water partition coefficient (Wildman–Crippen LogP) is 3.48. The largest absolute Gasteiger partial charge is 0.486 e. The number of fused-ring (bicyclic) bond motifs is 2. The van der Waals surface area contributed by atoms with Crippen molar-refractivity contribution in [1.29, 1.82) is 0 Å². The molecule has 0 saturated heterocycles. The van der Waals surface area contributed by atoms with Crippen molar-refractivity contribution >= 4 is 37.3 Å². The van der Waals surface area contributed by atoms with E-state index >= 15 is 0 Å². The molecule has 0 unspecified atom stereocenters. The third-order valence-electron chi connectivity index (χ3n) is 4.86. The highest BCUT2D eigenvalue weighted by Gasteiger charge is 2.17. The number of nitrogens with zero attached hydrogens (tertiary/aromatic N) is 2. The molecule has 7 nitrogen and oxygen atoms in total. The molecular weight excluding hydrogens is 455 g/mol. The number of halogens is 1. The van der Waals surface area contributed by atoms with E-state index in [-0.39, 0.29) is 23.5 Å². The Bertz CT molecular complexity index is 1340. The molecule has 2 heterocycles. The minimum Gasteiger partial charge on any atom is -0.486 e. The van der Waals surface area contributed by atoms with E-state index in [1.165, 1.54) is 23.5 Å². The number of hydrogen-bond acceptors (Lipinski definition) is 6. The number of carbonyl (C=O) groups excluding carboxylic acids is 1. The van der Waals surface area contributed by atoms with E-state index in [1.807, 2.05) is 16.7 Å². The van der Waals surface area contributed by atoms with Gasteiger partial charge in [0.1, 0.15) is 19.0 Å². The molecule has 1 aliphatic heterocycles. The van der Waals surface area contributed by atoms with E-state index in [4.69, 9.17) is 9.47 Å². The molecule has 0 saturated carbocycles. The number of thiazole rings is 1. The predicted molar refractivity (Wildman–Crippen MR) is 119 cm³/mol. The highest BCUT2D eigenvalue weighted by Crippen LogP contribution is 2.35. The first-order valence-corrected chi connectivity index (χ1v) is 12.4. The van der Waals surface area contributed by atoms with Crippen LogP contribution in [0.2, 0.25) is 0 Å². The third kappa shape index (κ3) is 4.76. The molecule has 10 heteroatoms. The summed E-state index contributed by atoms with van der Waals surface area (Å²) >= 11 is 1.34. The lowest BCUT2D eigenvalue weighted by atomic mass is 10.2. The van der Waals surface area contributed by atoms with Crippen LogP contribution in [0.1, 0.15) is 12.8 Å². The van der Waals surface area contributed by atoms with Crippen LogP contribution in [-0.2, 0) is 21.2 Å². The molecule has 0 aliphatic carbocycles. The van der Waals surface area contributed by atoms with Gasteiger partial charge in [-0.15, -0.1) is 6.58 Å². The second-order valence-electron chi connectivity index (χ2n) is 7.13. The van der Waals surface area contributed by atoms with Crippen LogP contribution in [-0.4, -0.2) is 37.9 Å². The number of amides is 1. The SMILES string of the molecule is C=CCn1c(=NC(=O)CCCS(=O)(=O)c2ccc(F)cc2)sc2cc3c(cc21)OCCO3. The molecule has 3 aromatic rings. The van der Waals surface area contributed by atoms with Gasteiger partial charge in [0.2, 0.25) is 5.91 Å². The Labute approximate surface area is 188 Å². The fourth-order valence-electron chi connectivity index (χ4n) is 3.33. The number of rotatable bonds is 7. The van der Waals surface area contributed by atoms with Gasteiger partial charge in [-0.25, -0.2) is 12.8 Å². The summed E-state index contributed by atoms with van der Waals surface area (Å²) in [6, 6.07) is 8.37. The smallest absolute Gasteiger partial charge is 0.248 e. The van der Waals surface area contributed by atoms with Gasteiger partial charge in [0, 0.05) is 25.1 Å². The molecule has 0 fully saturated rings. The molecule has 0 atom stereocenters. The van der Waals surface area contributed by atoms with Gasteiger partial charge < -0.3 is 14.0 Å². The van der Waals surface area contributed by atoms with Crippen molar-refractivity contribution in [2.75, 3.05) is 19.0 Å². The molecule has 1 aromatic heterocycles. The molecule has 0 N–H and O–H groups in total. The Morgan fingerprint density at radius 1 is 1.19 bits per heavy atom. The van der Waals surface area contributed by atoms with Gasteiger partial charge in [-0.05, 0) is 30.7 Å². The standard InChI is InChI=1S/C22H21FN2O5S2/c1-2-9-25-17-13-18-19(30-11-10-29-18)14-20(17)31-22(25)24-21(26)4-3-12-32(27,28)16-7-5-15(23)6-8-16/h2,5-8,13-14H,1,3-4,9-12H2. The van der Waals surface area contributed by atoms with E-state index < -0.39 is 21.6 Å². The molecule has 0 radical (unpaired) electrons. The normalized spacial score (nSPS) is 14.0. The van der Waals surface area contributed by atoms with Gasteiger partial charge in [-0.2, -0.15) is 4.99 Å². The maximum Gasteiger partial charge on any atom is 0.248 e. The Balaban J connectivity index is 1.53. The summed E-state index contributed by atoms with van der Waals surface area (Å²) in [6.45, 7) is 5.17. The fourth-order valence-corrected chi connectivity index (χ4v) is 5.71. The number of ether oxygens (including phenoxy) is 2. The number of aromatic nitrogens is 1. The van der Waals surface area contributed by atoms with Crippen LogP contribution >= 0.6 is 11.3 Å². The van der Waals surface area contributed by atoms with Crippen LogP contribution in [0.15, 0.2) is 58.9 Å². The van der Waals surface area contributed by atoms with Crippen LogP contribution < -0.4 is 14.3 Å². The maximum absolute atomic E-state index is 13.0. The minimum absolute atomic E-state index is 0.0223. The second-order valence-corrected chi connectivity index (χ2v) is 10.2. The average Bonchev–Trinajstić information content (AvgIpc) is 3.08. The summed E-state index contributed by atoms with van der Waals surface area (Å²) in [5, 5.41) is 0. The van der Waals surface area contributed by atoms with Crippen molar-refractivity contribution in [3.05, 3.63) is 59.7 Å². The minimum atomic E-state index is -3.60. The summed E-state index contributed by atoms with van der Waals surface area (Å²) in [5.74, 6) is 0.150. The summed E-state index contributed by atoms with van der Waals surface area (Å²) in [5.41, 5.74) is 0.851. The molecule has 2 aromatic carbocycles. The summed E-state index contributed by atoms with van der Waals surface area (Å²) in [6.07, 6.45) is 1.80. The number of hydrogen-bond donors (Lipinski definition) is 0. The lowest BCUT2D eigenvalue weighted by Gasteiger charge is -2.18. The first-order chi connectivity index (χ1) is 15.4. The van der Waals surface area contributed by atoms with Gasteiger partial charge in [0.15, 0.2) is 26.1 Å². The van der Waals surface area contributed by atoms with Crippen molar-refractivity contribution in [2.24, 2.45) is 4.99 Å². The number of carbonyl (C=O) groups is 1. The van der Waals surface area contributed by atoms with Gasteiger partial charge >= 0.3 is 0 Å². The van der Waals surface area contributed by atoms with Crippen molar-refractivity contribution in [2.45, 2.75) is 24.3 Å². The zero-order valence-electron chi connectivity index (χ0n) is 17.1. The monoisotopic (exact) mass is 476 g/mol. The highest BCUT2D eigenvalue weighted by molar-refractivity contribution is 7.91. The van der Waals surface area contributed by atoms with Crippen molar-refractivity contribution < 1.29 is 27.1 Å². The number of sulfone groups is 1. The Morgan fingerprint density at radius 3 is 2.56 bits per heavy atom. The lowest BCUT2D eigenvalue weighted by molar-refractivity contribution is -0.118. The molecule has 4 rings (SSSR count). The van der Waals surface area contributed by atoms with Crippen LogP contribution in [0.5, 0.6) is 11.5 Å². The molecular formula is C22H21FN2O5S2. The van der Waals surface area contributed by atoms with Gasteiger partial charge in [0.25, 0.3) is 0 Å². The van der Waals surface area contributed by atoms with Crippen LogP contribution in [0.4, 0.5) is 4.39 Å². The topological polar surface area (TPSA) is 87.0 Å². The molecule has 1 aliphatic rings. The summed E-state index contributed by atoms with van der Waals surface area (Å²) in [7, 11) is -3.60. The van der Waals surface area contributed by atoms with Crippen molar-refractivity contribution in [1.82, 2.24) is 4.57 Å². The Morgan fingerprint density at radius 2 is 1.88 bits per heavy atom. The third-order valence-corrected chi connectivity index (χ3v) is 7.71. The number of benzene rings is 2. The van der Waals surface area contributed by atoms with Crippen LogP contribution in [0.25, 0.3) is 10.2 Å². The molecule has 168 valence electrons. The van der Waals surface area contributed by atoms with E-state index in [2.05, 4.69) is 11.6 Å². The average molecular weight is 477 g/mol. The lowest BCUT2D eigenvalue weighted by Crippen LogP contribution is -2.17. The van der Waals surface area contributed by atoms with Crippen molar-refractivity contribution in [3.63, 3.8) is 0 Å². The first kappa shape index (κ1) is 22.2. The Hall–Kier alpha value is -2.98. The van der Waals surface area contributed by atoms with E-state index in [9.17, 15) is 17.6 Å². The molecule has 32 heavy (non-hydrogen) atoms. The van der Waals surface area contributed by atoms with Gasteiger partial charge in [-0.3, -0.25) is 4.79 Å². The summed E-state index contributed by atoms with van der Waals surface area (Å²) in [4.78, 5) is 17.2. The van der Waals surface area contributed by atoms with Gasteiger partial charge in [-0.1, -0.05) is 17.4 Å². The van der Waals surface area contributed by atoms with Crippen LogP contribution in [0.3, 0.4) is 0 Å². The van der Waals surface area contributed by atoms with Crippen LogP contribution in [0, 0.1) is 5.82 Å². The van der Waals surface area contributed by atoms with E-state index in [0.29, 0.717) is 36.1 Å². The van der Waals surface area contributed by atoms with E-state index in [1.54, 1.807) is 6.08 Å². The molecule has 0 spiro atoms. The summed E-state index contributed by atoms with van der Waals surface area (Å²) < 4.78 is 51.8. The van der Waals surface area contributed by atoms with Gasteiger partial charge in [0.05, 0.1) is 20.9 Å².